The van der Waals surface area contributed by atoms with E-state index in [1.165, 1.54) is 32.1 Å². The number of hydrogen-bond acceptors (Lipinski definition) is 2. The molecule has 2 fully saturated rings. The largest absolute Gasteiger partial charge is 0.356 e. The molecule has 1 saturated carbocycles. The summed E-state index contributed by atoms with van der Waals surface area (Å²) in [5.41, 5.74) is 0. The van der Waals surface area contributed by atoms with Crippen molar-refractivity contribution in [1.29, 1.82) is 0 Å². The lowest BCUT2D eigenvalue weighted by atomic mass is 9.91. The normalized spacial score (nSPS) is 29.4. The van der Waals surface area contributed by atoms with Crippen LogP contribution in [0.2, 0.25) is 0 Å². The Balaban J connectivity index is 1.56. The number of carbonyl (C=O) groups is 1. The minimum absolute atomic E-state index is 0.195. The molecule has 0 aromatic rings. The molecular formula is C15H28N2O. The SMILES string of the molecule is CC1CNCC(C(=O)NCCCC2CCCC2)C1. The topological polar surface area (TPSA) is 41.1 Å². The van der Waals surface area contributed by atoms with Crippen molar-refractivity contribution in [3.63, 3.8) is 0 Å². The molecule has 1 heterocycles. The third kappa shape index (κ3) is 4.27. The molecule has 1 saturated heterocycles. The van der Waals surface area contributed by atoms with Crippen LogP contribution in [0.4, 0.5) is 0 Å². The Kier molecular flexibility index (Phi) is 5.48. The summed E-state index contributed by atoms with van der Waals surface area (Å²) in [6.07, 6.45) is 9.18. The van der Waals surface area contributed by atoms with Crippen LogP contribution in [0.25, 0.3) is 0 Å². The van der Waals surface area contributed by atoms with E-state index < -0.39 is 0 Å². The average Bonchev–Trinajstić information content (AvgIpc) is 2.87. The molecule has 0 aromatic carbocycles. The lowest BCUT2D eigenvalue weighted by Crippen LogP contribution is -2.43. The van der Waals surface area contributed by atoms with Crippen LogP contribution in [-0.4, -0.2) is 25.5 Å². The lowest BCUT2D eigenvalue weighted by Gasteiger charge is -2.26. The molecule has 0 aromatic heterocycles. The van der Waals surface area contributed by atoms with Gasteiger partial charge in [0.05, 0.1) is 5.92 Å². The number of amides is 1. The standard InChI is InChI=1S/C15H28N2O/c1-12-9-14(11-16-10-12)15(18)17-8-4-7-13-5-2-3-6-13/h12-14,16H,2-11H2,1H3,(H,17,18). The van der Waals surface area contributed by atoms with E-state index in [4.69, 9.17) is 0 Å². The summed E-state index contributed by atoms with van der Waals surface area (Å²) >= 11 is 0. The first-order chi connectivity index (χ1) is 8.75. The van der Waals surface area contributed by atoms with Crippen LogP contribution in [0.3, 0.4) is 0 Å². The van der Waals surface area contributed by atoms with Gasteiger partial charge in [0.15, 0.2) is 0 Å². The van der Waals surface area contributed by atoms with Gasteiger partial charge in [-0.15, -0.1) is 0 Å². The highest BCUT2D eigenvalue weighted by Crippen LogP contribution is 2.28. The van der Waals surface area contributed by atoms with Gasteiger partial charge in [0.25, 0.3) is 0 Å². The maximum Gasteiger partial charge on any atom is 0.224 e. The fourth-order valence-corrected chi connectivity index (χ4v) is 3.40. The molecule has 2 atom stereocenters. The average molecular weight is 252 g/mol. The van der Waals surface area contributed by atoms with E-state index in [0.717, 1.165) is 38.4 Å². The van der Waals surface area contributed by atoms with Gasteiger partial charge in [-0.2, -0.15) is 0 Å². The molecule has 3 heteroatoms. The Hall–Kier alpha value is -0.570. The lowest BCUT2D eigenvalue weighted by molar-refractivity contribution is -0.125. The molecule has 0 spiro atoms. The Morgan fingerprint density at radius 1 is 1.28 bits per heavy atom. The second-order valence-electron chi connectivity index (χ2n) is 6.28. The molecule has 1 aliphatic carbocycles. The Labute approximate surface area is 111 Å². The Morgan fingerprint density at radius 3 is 2.78 bits per heavy atom. The van der Waals surface area contributed by atoms with Crippen LogP contribution in [0.1, 0.15) is 51.9 Å². The van der Waals surface area contributed by atoms with Crippen LogP contribution in [0.5, 0.6) is 0 Å². The van der Waals surface area contributed by atoms with Gasteiger partial charge in [0.1, 0.15) is 0 Å². The van der Waals surface area contributed by atoms with E-state index >= 15 is 0 Å². The van der Waals surface area contributed by atoms with Gasteiger partial charge in [0.2, 0.25) is 5.91 Å². The van der Waals surface area contributed by atoms with E-state index in [9.17, 15) is 4.79 Å². The molecule has 1 amide bonds. The number of carbonyl (C=O) groups excluding carboxylic acids is 1. The van der Waals surface area contributed by atoms with Crippen molar-refractivity contribution < 1.29 is 4.79 Å². The first-order valence-corrected chi connectivity index (χ1v) is 7.74. The van der Waals surface area contributed by atoms with Crippen LogP contribution in [0.15, 0.2) is 0 Å². The summed E-state index contributed by atoms with van der Waals surface area (Å²) in [4.78, 5) is 12.0. The Morgan fingerprint density at radius 2 is 2.06 bits per heavy atom. The molecule has 3 nitrogen and oxygen atoms in total. The summed E-state index contributed by atoms with van der Waals surface area (Å²) in [7, 11) is 0. The van der Waals surface area contributed by atoms with E-state index in [0.29, 0.717) is 5.92 Å². The molecule has 2 unspecified atom stereocenters. The summed E-state index contributed by atoms with van der Waals surface area (Å²) < 4.78 is 0. The van der Waals surface area contributed by atoms with Gasteiger partial charge in [-0.1, -0.05) is 32.6 Å². The summed E-state index contributed by atoms with van der Waals surface area (Å²) in [6, 6.07) is 0. The van der Waals surface area contributed by atoms with Gasteiger partial charge in [0, 0.05) is 13.1 Å². The van der Waals surface area contributed by atoms with Crippen LogP contribution >= 0.6 is 0 Å². The van der Waals surface area contributed by atoms with Crippen LogP contribution < -0.4 is 10.6 Å². The molecule has 18 heavy (non-hydrogen) atoms. The predicted molar refractivity (Wildman–Crippen MR) is 74.3 cm³/mol. The van der Waals surface area contributed by atoms with Crippen molar-refractivity contribution in [3.05, 3.63) is 0 Å². The van der Waals surface area contributed by atoms with Crippen molar-refractivity contribution in [2.75, 3.05) is 19.6 Å². The third-order valence-corrected chi connectivity index (χ3v) is 4.50. The zero-order chi connectivity index (χ0) is 12.8. The van der Waals surface area contributed by atoms with Crippen LogP contribution in [-0.2, 0) is 4.79 Å². The highest BCUT2D eigenvalue weighted by molar-refractivity contribution is 5.78. The minimum atomic E-state index is 0.195. The number of hydrogen-bond donors (Lipinski definition) is 2. The monoisotopic (exact) mass is 252 g/mol. The smallest absolute Gasteiger partial charge is 0.224 e. The highest BCUT2D eigenvalue weighted by atomic mass is 16.1. The first kappa shape index (κ1) is 13.9. The third-order valence-electron chi connectivity index (χ3n) is 4.50. The quantitative estimate of drug-likeness (QED) is 0.737. The fourth-order valence-electron chi connectivity index (χ4n) is 3.40. The highest BCUT2D eigenvalue weighted by Gasteiger charge is 2.24. The number of nitrogens with one attached hydrogen (secondary N) is 2. The fraction of sp³-hybridized carbons (Fsp3) is 0.933. The van der Waals surface area contributed by atoms with Crippen molar-refractivity contribution in [1.82, 2.24) is 10.6 Å². The predicted octanol–water partition coefficient (Wildman–Crippen LogP) is 2.32. The van der Waals surface area contributed by atoms with E-state index in [2.05, 4.69) is 17.6 Å². The zero-order valence-corrected chi connectivity index (χ0v) is 11.7. The molecule has 2 aliphatic rings. The molecule has 104 valence electrons. The van der Waals surface area contributed by atoms with E-state index in [-0.39, 0.29) is 11.8 Å². The molecule has 0 radical (unpaired) electrons. The second-order valence-corrected chi connectivity index (χ2v) is 6.28. The van der Waals surface area contributed by atoms with Crippen molar-refractivity contribution in [2.45, 2.75) is 51.9 Å². The van der Waals surface area contributed by atoms with Gasteiger partial charge in [-0.3, -0.25) is 4.79 Å². The summed E-state index contributed by atoms with van der Waals surface area (Å²) in [6.45, 7) is 5.01. The maximum absolute atomic E-state index is 12.0. The van der Waals surface area contributed by atoms with Gasteiger partial charge in [-0.05, 0) is 37.6 Å². The van der Waals surface area contributed by atoms with Gasteiger partial charge < -0.3 is 10.6 Å². The molecule has 2 N–H and O–H groups in total. The second kappa shape index (κ2) is 7.13. The summed E-state index contributed by atoms with van der Waals surface area (Å²) in [5, 5.41) is 6.46. The number of piperidine rings is 1. The summed E-state index contributed by atoms with van der Waals surface area (Å²) in [5.74, 6) is 2.03. The molecular weight excluding hydrogens is 224 g/mol. The van der Waals surface area contributed by atoms with Crippen LogP contribution in [0, 0.1) is 17.8 Å². The zero-order valence-electron chi connectivity index (χ0n) is 11.7. The van der Waals surface area contributed by atoms with E-state index in [1.54, 1.807) is 0 Å². The van der Waals surface area contributed by atoms with Gasteiger partial charge in [-0.25, -0.2) is 0 Å². The maximum atomic E-state index is 12.0. The minimum Gasteiger partial charge on any atom is -0.356 e. The van der Waals surface area contributed by atoms with Crippen molar-refractivity contribution >= 4 is 5.91 Å². The number of rotatable bonds is 5. The Bertz CT molecular complexity index is 261. The van der Waals surface area contributed by atoms with Crippen molar-refractivity contribution in [2.24, 2.45) is 17.8 Å². The molecule has 1 aliphatic heterocycles. The molecule has 2 rings (SSSR count). The van der Waals surface area contributed by atoms with Gasteiger partial charge >= 0.3 is 0 Å². The molecule has 0 bridgehead atoms. The van der Waals surface area contributed by atoms with Crippen molar-refractivity contribution in [3.8, 4) is 0 Å². The first-order valence-electron chi connectivity index (χ1n) is 7.74. The van der Waals surface area contributed by atoms with E-state index in [1.807, 2.05) is 0 Å².